The highest BCUT2D eigenvalue weighted by molar-refractivity contribution is 5.92. The van der Waals surface area contributed by atoms with Gasteiger partial charge in [0, 0.05) is 39.3 Å². The van der Waals surface area contributed by atoms with E-state index in [-0.39, 0.29) is 30.8 Å². The first-order chi connectivity index (χ1) is 17.3. The number of carbonyl (C=O) groups excluding carboxylic acids is 2. The maximum Gasteiger partial charge on any atom is 0.416 e. The summed E-state index contributed by atoms with van der Waals surface area (Å²) >= 11 is 0. The predicted octanol–water partition coefficient (Wildman–Crippen LogP) is 3.85. The van der Waals surface area contributed by atoms with Crippen LogP contribution in [0.15, 0.2) is 24.3 Å². The number of hydrogen-bond donors (Lipinski definition) is 0. The van der Waals surface area contributed by atoms with Gasteiger partial charge in [0.1, 0.15) is 6.61 Å². The fraction of sp³-hybridized carbons (Fsp3) is 0.522. The molecule has 0 spiro atoms. The van der Waals surface area contributed by atoms with Crippen molar-refractivity contribution in [2.24, 2.45) is 0 Å². The van der Waals surface area contributed by atoms with Crippen LogP contribution in [0.3, 0.4) is 0 Å². The van der Waals surface area contributed by atoms with Crippen LogP contribution in [0.4, 0.5) is 31.1 Å². The molecule has 1 aromatic heterocycles. The van der Waals surface area contributed by atoms with Crippen LogP contribution in [-0.2, 0) is 36.8 Å². The minimum absolute atomic E-state index is 0.0162. The van der Waals surface area contributed by atoms with Crippen molar-refractivity contribution in [3.63, 3.8) is 0 Å². The van der Waals surface area contributed by atoms with Gasteiger partial charge in [-0.15, -0.1) is 0 Å². The van der Waals surface area contributed by atoms with Gasteiger partial charge >= 0.3 is 18.4 Å². The quantitative estimate of drug-likeness (QED) is 0.561. The topological polar surface area (TPSA) is 70.9 Å². The third kappa shape index (κ3) is 6.35. The highest BCUT2D eigenvalue weighted by Crippen LogP contribution is 2.36. The Morgan fingerprint density at radius 3 is 2.08 bits per heavy atom. The summed E-state index contributed by atoms with van der Waals surface area (Å²) in [5, 5.41) is 4.38. The van der Waals surface area contributed by atoms with Crippen LogP contribution in [0.25, 0.3) is 0 Å². The van der Waals surface area contributed by atoms with E-state index < -0.39 is 41.7 Å². The van der Waals surface area contributed by atoms with Gasteiger partial charge in [-0.3, -0.25) is 9.48 Å². The van der Waals surface area contributed by atoms with Crippen molar-refractivity contribution in [2.45, 2.75) is 38.5 Å². The molecular formula is C23H25F6N5O3. The van der Waals surface area contributed by atoms with Crippen LogP contribution in [0.5, 0.6) is 0 Å². The molecule has 0 unspecified atom stereocenters. The monoisotopic (exact) mass is 533 g/mol. The summed E-state index contributed by atoms with van der Waals surface area (Å²) in [4.78, 5) is 30.6. The molecule has 2 aliphatic heterocycles. The van der Waals surface area contributed by atoms with Crippen molar-refractivity contribution in [2.75, 3.05) is 39.8 Å². The molecule has 0 bridgehead atoms. The fourth-order valence-corrected chi connectivity index (χ4v) is 4.23. The summed E-state index contributed by atoms with van der Waals surface area (Å²) < 4.78 is 85.2. The number of fused-ring (bicyclic) bond motifs is 1. The molecule has 0 saturated carbocycles. The number of halogens is 6. The van der Waals surface area contributed by atoms with E-state index in [0.717, 1.165) is 13.1 Å². The third-order valence-electron chi connectivity index (χ3n) is 6.29. The number of aromatic nitrogens is 2. The molecule has 14 heteroatoms. The first-order valence-electron chi connectivity index (χ1n) is 11.6. The Kier molecular flexibility index (Phi) is 7.40. The van der Waals surface area contributed by atoms with Crippen molar-refractivity contribution in [1.29, 1.82) is 0 Å². The fourth-order valence-electron chi connectivity index (χ4n) is 4.23. The SMILES string of the molecule is CN1CCN(C(=O)c2cc3n(n2)CCCN(C(=O)OCc2cc(C(F)(F)F)cc(C(F)(F)F)c2)C3)CC1. The normalized spacial score (nSPS) is 17.4. The summed E-state index contributed by atoms with van der Waals surface area (Å²) in [6, 6.07) is 2.66. The average Bonchev–Trinajstić information content (AvgIpc) is 3.12. The Labute approximate surface area is 208 Å². The molecule has 2 aromatic rings. The smallest absolute Gasteiger partial charge is 0.416 e. The molecule has 3 heterocycles. The van der Waals surface area contributed by atoms with E-state index in [4.69, 9.17) is 4.74 Å². The predicted molar refractivity (Wildman–Crippen MR) is 117 cm³/mol. The Morgan fingerprint density at radius 2 is 1.49 bits per heavy atom. The largest absolute Gasteiger partial charge is 0.445 e. The number of benzene rings is 1. The molecule has 1 aromatic carbocycles. The van der Waals surface area contributed by atoms with Crippen molar-refractivity contribution in [1.82, 2.24) is 24.5 Å². The molecule has 0 aliphatic carbocycles. The van der Waals surface area contributed by atoms with E-state index in [1.54, 1.807) is 15.6 Å². The second kappa shape index (κ2) is 10.2. The highest BCUT2D eigenvalue weighted by atomic mass is 19.4. The Morgan fingerprint density at radius 1 is 0.865 bits per heavy atom. The molecule has 0 radical (unpaired) electrons. The molecule has 2 aliphatic rings. The number of ether oxygens (including phenoxy) is 1. The van der Waals surface area contributed by atoms with Gasteiger partial charge in [-0.25, -0.2) is 4.79 Å². The van der Waals surface area contributed by atoms with Crippen LogP contribution < -0.4 is 0 Å². The number of carbonyl (C=O) groups is 2. The van der Waals surface area contributed by atoms with Gasteiger partial charge in [0.15, 0.2) is 5.69 Å². The lowest BCUT2D eigenvalue weighted by Crippen LogP contribution is -2.47. The standard InChI is InChI=1S/C23H25F6N5O3/c1-31-5-7-32(8-6-31)20(35)19-12-18-13-33(3-2-4-34(18)30-19)21(36)37-14-15-9-16(22(24,25)26)11-17(10-15)23(27,28)29/h9-12H,2-8,13-14H2,1H3. The van der Waals surface area contributed by atoms with Gasteiger partial charge in [-0.1, -0.05) is 0 Å². The summed E-state index contributed by atoms with van der Waals surface area (Å²) in [7, 11) is 1.97. The van der Waals surface area contributed by atoms with Crippen LogP contribution in [0, 0.1) is 0 Å². The molecule has 202 valence electrons. The second-order valence-electron chi connectivity index (χ2n) is 9.08. The third-order valence-corrected chi connectivity index (χ3v) is 6.29. The molecule has 1 saturated heterocycles. The summed E-state index contributed by atoms with van der Waals surface area (Å²) in [6.45, 7) is 2.55. The van der Waals surface area contributed by atoms with Crippen LogP contribution in [0.1, 0.15) is 39.3 Å². The molecule has 2 amide bonds. The number of hydrogen-bond acceptors (Lipinski definition) is 5. The zero-order valence-electron chi connectivity index (χ0n) is 19.9. The zero-order valence-corrected chi connectivity index (χ0v) is 19.9. The van der Waals surface area contributed by atoms with E-state index in [9.17, 15) is 35.9 Å². The maximum absolute atomic E-state index is 13.1. The van der Waals surface area contributed by atoms with Crippen LogP contribution in [-0.4, -0.2) is 76.3 Å². The summed E-state index contributed by atoms with van der Waals surface area (Å²) in [5.74, 6) is -0.215. The molecule has 0 atom stereocenters. The van der Waals surface area contributed by atoms with E-state index in [2.05, 4.69) is 10.00 Å². The lowest BCUT2D eigenvalue weighted by Gasteiger charge is -2.31. The van der Waals surface area contributed by atoms with Crippen LogP contribution >= 0.6 is 0 Å². The average molecular weight is 533 g/mol. The number of aryl methyl sites for hydroxylation is 1. The van der Waals surface area contributed by atoms with E-state index in [0.29, 0.717) is 43.9 Å². The molecule has 4 rings (SSSR count). The number of alkyl halides is 6. The number of likely N-dealkylation sites (N-methyl/N-ethyl adjacent to an activating group) is 1. The molecule has 37 heavy (non-hydrogen) atoms. The lowest BCUT2D eigenvalue weighted by atomic mass is 10.1. The molecule has 1 fully saturated rings. The summed E-state index contributed by atoms with van der Waals surface area (Å²) in [6.07, 6.45) is -10.4. The van der Waals surface area contributed by atoms with E-state index in [1.807, 2.05) is 7.05 Å². The van der Waals surface area contributed by atoms with Gasteiger partial charge < -0.3 is 19.4 Å². The Hall–Kier alpha value is -3.29. The molecule has 8 nitrogen and oxygen atoms in total. The van der Waals surface area contributed by atoms with E-state index in [1.165, 1.54) is 4.90 Å². The Bertz CT molecular complexity index is 1120. The van der Waals surface area contributed by atoms with Crippen molar-refractivity contribution in [3.8, 4) is 0 Å². The first kappa shape index (κ1) is 26.8. The van der Waals surface area contributed by atoms with Crippen molar-refractivity contribution in [3.05, 3.63) is 52.3 Å². The number of amides is 2. The lowest BCUT2D eigenvalue weighted by molar-refractivity contribution is -0.143. The molecule has 0 N–H and O–H groups in total. The van der Waals surface area contributed by atoms with Crippen LogP contribution in [0.2, 0.25) is 0 Å². The van der Waals surface area contributed by atoms with Gasteiger partial charge in [-0.2, -0.15) is 31.4 Å². The molecular weight excluding hydrogens is 508 g/mol. The van der Waals surface area contributed by atoms with Gasteiger partial charge in [-0.05, 0) is 43.3 Å². The number of nitrogens with zero attached hydrogens (tertiary/aromatic N) is 5. The van der Waals surface area contributed by atoms with Gasteiger partial charge in [0.2, 0.25) is 0 Å². The van der Waals surface area contributed by atoms with Crippen molar-refractivity contribution >= 4 is 12.0 Å². The van der Waals surface area contributed by atoms with Crippen molar-refractivity contribution < 1.29 is 40.7 Å². The second-order valence-corrected chi connectivity index (χ2v) is 9.08. The number of piperazine rings is 1. The first-order valence-corrected chi connectivity index (χ1v) is 11.6. The Balaban J connectivity index is 1.43. The highest BCUT2D eigenvalue weighted by Gasteiger charge is 2.37. The summed E-state index contributed by atoms with van der Waals surface area (Å²) in [5.41, 5.74) is -2.58. The zero-order chi connectivity index (χ0) is 27.0. The number of rotatable bonds is 3. The van der Waals surface area contributed by atoms with Gasteiger partial charge in [0.05, 0.1) is 23.4 Å². The minimum atomic E-state index is -5.00. The maximum atomic E-state index is 13.1. The van der Waals surface area contributed by atoms with Gasteiger partial charge in [0.25, 0.3) is 5.91 Å². The van der Waals surface area contributed by atoms with E-state index >= 15 is 0 Å². The minimum Gasteiger partial charge on any atom is -0.445 e.